The highest BCUT2D eigenvalue weighted by atomic mass is 32.2. The average molecular weight is 349 g/mol. The number of nitrogens with zero attached hydrogens (tertiary/aromatic N) is 2. The summed E-state index contributed by atoms with van der Waals surface area (Å²) in [5.74, 6) is -1.26. The Morgan fingerprint density at radius 2 is 2.08 bits per heavy atom. The first-order valence-electron chi connectivity index (χ1n) is 7.56. The van der Waals surface area contributed by atoms with E-state index in [9.17, 15) is 14.4 Å². The van der Waals surface area contributed by atoms with Crippen LogP contribution in [0.1, 0.15) is 20.3 Å². The summed E-state index contributed by atoms with van der Waals surface area (Å²) in [6.07, 6.45) is 0.814. The van der Waals surface area contributed by atoms with Gasteiger partial charge in [0.05, 0.1) is 16.7 Å². The van der Waals surface area contributed by atoms with E-state index in [2.05, 4.69) is 10.3 Å². The first-order valence-corrected chi connectivity index (χ1v) is 8.54. The van der Waals surface area contributed by atoms with Gasteiger partial charge in [0.2, 0.25) is 5.91 Å². The summed E-state index contributed by atoms with van der Waals surface area (Å²) >= 11 is 1.06. The van der Waals surface area contributed by atoms with Gasteiger partial charge in [0.15, 0.2) is 5.16 Å². The average Bonchev–Trinajstić information content (AvgIpc) is 2.55. The lowest BCUT2D eigenvalue weighted by molar-refractivity contribution is -0.137. The largest absolute Gasteiger partial charge is 0.480 e. The first-order chi connectivity index (χ1) is 11.4. The summed E-state index contributed by atoms with van der Waals surface area (Å²) in [7, 11) is 0. The third-order valence-corrected chi connectivity index (χ3v) is 4.45. The van der Waals surface area contributed by atoms with Crippen LogP contribution in [-0.2, 0) is 16.1 Å². The van der Waals surface area contributed by atoms with Crippen molar-refractivity contribution in [2.75, 3.05) is 5.75 Å². The molecule has 2 aromatic rings. The monoisotopic (exact) mass is 349 g/mol. The van der Waals surface area contributed by atoms with E-state index in [4.69, 9.17) is 5.11 Å². The molecule has 1 aromatic carbocycles. The summed E-state index contributed by atoms with van der Waals surface area (Å²) in [4.78, 5) is 39.8. The number of carboxylic acid groups (broad SMARTS) is 1. The Kier molecular flexibility index (Phi) is 5.97. The maximum absolute atomic E-state index is 12.5. The van der Waals surface area contributed by atoms with E-state index >= 15 is 0 Å². The van der Waals surface area contributed by atoms with Crippen LogP contribution >= 0.6 is 11.8 Å². The van der Waals surface area contributed by atoms with Gasteiger partial charge in [-0.3, -0.25) is 19.0 Å². The van der Waals surface area contributed by atoms with Crippen molar-refractivity contribution < 1.29 is 14.7 Å². The predicted molar refractivity (Wildman–Crippen MR) is 92.3 cm³/mol. The number of fused-ring (bicyclic) bond motifs is 1. The minimum absolute atomic E-state index is 0.0591. The molecule has 1 heterocycles. The smallest absolute Gasteiger partial charge is 0.323 e. The van der Waals surface area contributed by atoms with Gasteiger partial charge in [-0.25, -0.2) is 4.98 Å². The predicted octanol–water partition coefficient (Wildman–Crippen LogP) is 1.49. The summed E-state index contributed by atoms with van der Waals surface area (Å²) in [6, 6.07) is 6.80. The van der Waals surface area contributed by atoms with E-state index in [-0.39, 0.29) is 22.9 Å². The Morgan fingerprint density at radius 3 is 2.75 bits per heavy atom. The van der Waals surface area contributed by atoms with E-state index < -0.39 is 18.1 Å². The number of benzene rings is 1. The standard InChI is InChI=1S/C16H19N3O4S/c1-3-10(2)17-13(20)9-24-16-18-12-7-5-4-6-11(12)15(23)19(16)8-14(21)22/h4-7,10H,3,8-9H2,1-2H3,(H,17,20)(H,21,22). The van der Waals surface area contributed by atoms with Crippen molar-refractivity contribution in [3.8, 4) is 0 Å². The van der Waals surface area contributed by atoms with E-state index in [1.165, 1.54) is 0 Å². The van der Waals surface area contributed by atoms with Crippen molar-refractivity contribution >= 4 is 34.5 Å². The molecule has 0 saturated heterocycles. The minimum atomic E-state index is -1.14. The van der Waals surface area contributed by atoms with Gasteiger partial charge in [-0.2, -0.15) is 0 Å². The first kappa shape index (κ1) is 18.0. The third-order valence-electron chi connectivity index (χ3n) is 3.47. The van der Waals surface area contributed by atoms with E-state index in [0.29, 0.717) is 10.9 Å². The van der Waals surface area contributed by atoms with Gasteiger partial charge in [-0.1, -0.05) is 30.8 Å². The van der Waals surface area contributed by atoms with Crippen LogP contribution < -0.4 is 10.9 Å². The van der Waals surface area contributed by atoms with Gasteiger partial charge >= 0.3 is 5.97 Å². The molecule has 0 spiro atoms. The maximum atomic E-state index is 12.5. The molecule has 0 aliphatic heterocycles. The fourth-order valence-electron chi connectivity index (χ4n) is 2.08. The van der Waals surface area contributed by atoms with E-state index in [1.807, 2.05) is 13.8 Å². The number of hydrogen-bond donors (Lipinski definition) is 2. The Hall–Kier alpha value is -2.35. The molecule has 1 atom stereocenters. The lowest BCUT2D eigenvalue weighted by atomic mass is 10.2. The number of thioether (sulfide) groups is 1. The molecule has 1 aromatic heterocycles. The molecule has 0 bridgehead atoms. The van der Waals surface area contributed by atoms with Gasteiger partial charge in [0.1, 0.15) is 6.54 Å². The number of carbonyl (C=O) groups is 2. The molecular weight excluding hydrogens is 330 g/mol. The Balaban J connectivity index is 2.32. The van der Waals surface area contributed by atoms with Crippen LogP contribution in [0.25, 0.3) is 10.9 Å². The number of carboxylic acids is 1. The van der Waals surface area contributed by atoms with Crippen molar-refractivity contribution in [1.29, 1.82) is 0 Å². The maximum Gasteiger partial charge on any atom is 0.323 e. The fourth-order valence-corrected chi connectivity index (χ4v) is 2.89. The van der Waals surface area contributed by atoms with Crippen LogP contribution in [0.15, 0.2) is 34.2 Å². The van der Waals surface area contributed by atoms with E-state index in [1.54, 1.807) is 24.3 Å². The number of carbonyl (C=O) groups excluding carboxylic acids is 1. The topological polar surface area (TPSA) is 101 Å². The van der Waals surface area contributed by atoms with Crippen molar-refractivity contribution in [2.24, 2.45) is 0 Å². The Bertz CT molecular complexity index is 819. The molecule has 1 amide bonds. The van der Waals surface area contributed by atoms with Gasteiger partial charge in [0, 0.05) is 6.04 Å². The fraction of sp³-hybridized carbons (Fsp3) is 0.375. The highest BCUT2D eigenvalue weighted by molar-refractivity contribution is 7.99. The Morgan fingerprint density at radius 1 is 1.38 bits per heavy atom. The van der Waals surface area contributed by atoms with Crippen LogP contribution in [0.5, 0.6) is 0 Å². The van der Waals surface area contributed by atoms with Gasteiger partial charge in [-0.15, -0.1) is 0 Å². The molecule has 8 heteroatoms. The van der Waals surface area contributed by atoms with Crippen molar-refractivity contribution in [3.63, 3.8) is 0 Å². The van der Waals surface area contributed by atoms with Crippen LogP contribution in [0, 0.1) is 0 Å². The molecule has 0 saturated carbocycles. The van der Waals surface area contributed by atoms with Crippen LogP contribution in [-0.4, -0.2) is 38.3 Å². The molecule has 24 heavy (non-hydrogen) atoms. The molecule has 2 rings (SSSR count). The van der Waals surface area contributed by atoms with Crippen LogP contribution in [0.2, 0.25) is 0 Å². The van der Waals surface area contributed by atoms with Gasteiger partial charge < -0.3 is 10.4 Å². The quantitative estimate of drug-likeness (QED) is 0.580. The normalized spacial score (nSPS) is 12.1. The molecule has 128 valence electrons. The summed E-state index contributed by atoms with van der Waals surface area (Å²) in [6.45, 7) is 3.37. The number of amides is 1. The zero-order chi connectivity index (χ0) is 17.7. The summed E-state index contributed by atoms with van der Waals surface area (Å²) < 4.78 is 1.09. The molecule has 1 unspecified atom stereocenters. The second-order valence-electron chi connectivity index (χ2n) is 5.36. The third kappa shape index (κ3) is 4.35. The van der Waals surface area contributed by atoms with Crippen LogP contribution in [0.4, 0.5) is 0 Å². The van der Waals surface area contributed by atoms with Crippen molar-refractivity contribution in [2.45, 2.75) is 38.0 Å². The van der Waals surface area contributed by atoms with Gasteiger partial charge in [-0.05, 0) is 25.5 Å². The lowest BCUT2D eigenvalue weighted by Crippen LogP contribution is -2.33. The SMILES string of the molecule is CCC(C)NC(=O)CSc1nc2ccccc2c(=O)n1CC(=O)O. The number of para-hydroxylation sites is 1. The van der Waals surface area contributed by atoms with Crippen molar-refractivity contribution in [3.05, 3.63) is 34.6 Å². The van der Waals surface area contributed by atoms with Gasteiger partial charge in [0.25, 0.3) is 5.56 Å². The molecule has 2 N–H and O–H groups in total. The lowest BCUT2D eigenvalue weighted by Gasteiger charge is -2.13. The second kappa shape index (κ2) is 7.96. The highest BCUT2D eigenvalue weighted by Crippen LogP contribution is 2.17. The minimum Gasteiger partial charge on any atom is -0.480 e. The zero-order valence-electron chi connectivity index (χ0n) is 13.5. The molecule has 7 nitrogen and oxygen atoms in total. The number of nitrogens with one attached hydrogen (secondary N) is 1. The van der Waals surface area contributed by atoms with Crippen molar-refractivity contribution in [1.82, 2.24) is 14.9 Å². The van der Waals surface area contributed by atoms with Crippen LogP contribution in [0.3, 0.4) is 0 Å². The number of hydrogen-bond acceptors (Lipinski definition) is 5. The highest BCUT2D eigenvalue weighted by Gasteiger charge is 2.15. The number of rotatable bonds is 7. The zero-order valence-corrected chi connectivity index (χ0v) is 14.3. The molecule has 0 aliphatic carbocycles. The molecule has 0 fully saturated rings. The summed E-state index contributed by atoms with van der Waals surface area (Å²) in [5, 5.41) is 12.4. The molecule has 0 aliphatic rings. The number of aromatic nitrogens is 2. The number of aliphatic carboxylic acids is 1. The molecular formula is C16H19N3O4S. The summed E-state index contributed by atoms with van der Waals surface area (Å²) in [5.41, 5.74) is 0.0572. The molecule has 0 radical (unpaired) electrons. The van der Waals surface area contributed by atoms with E-state index in [0.717, 1.165) is 22.7 Å². The Labute approximate surface area is 143 Å². The second-order valence-corrected chi connectivity index (χ2v) is 6.30.